The molecular weight excluding hydrogens is 412 g/mol. The number of carbonyl (C=O) groups excluding carboxylic acids is 2. The maximum atomic E-state index is 12.5. The molecule has 7 nitrogen and oxygen atoms in total. The lowest BCUT2D eigenvalue weighted by Gasteiger charge is -2.42. The summed E-state index contributed by atoms with van der Waals surface area (Å²) in [6, 6.07) is 9.64. The summed E-state index contributed by atoms with van der Waals surface area (Å²) in [5.41, 5.74) is 0.429. The molecule has 0 unspecified atom stereocenters. The van der Waals surface area contributed by atoms with Crippen LogP contribution in [-0.4, -0.2) is 55.9 Å². The van der Waals surface area contributed by atoms with Gasteiger partial charge in [-0.2, -0.15) is 0 Å². The van der Waals surface area contributed by atoms with Gasteiger partial charge in [0.25, 0.3) is 0 Å². The van der Waals surface area contributed by atoms with Gasteiger partial charge in [0.2, 0.25) is 5.79 Å². The monoisotopic (exact) mass is 442 g/mol. The molecule has 3 aliphatic heterocycles. The van der Waals surface area contributed by atoms with E-state index in [2.05, 4.69) is 0 Å². The van der Waals surface area contributed by atoms with Crippen LogP contribution >= 0.6 is 0 Å². The van der Waals surface area contributed by atoms with E-state index in [1.807, 2.05) is 37.3 Å². The third-order valence-corrected chi connectivity index (χ3v) is 7.53. The molecule has 7 heteroatoms. The Bertz CT molecular complexity index is 893. The maximum Gasteiger partial charge on any atom is 0.331 e. The molecule has 1 aromatic carbocycles. The number of carbonyl (C=O) groups is 2. The van der Waals surface area contributed by atoms with Crippen molar-refractivity contribution in [1.29, 1.82) is 0 Å². The van der Waals surface area contributed by atoms with Gasteiger partial charge in [-0.3, -0.25) is 4.79 Å². The highest BCUT2D eigenvalue weighted by molar-refractivity contribution is 5.87. The van der Waals surface area contributed by atoms with Gasteiger partial charge in [-0.15, -0.1) is 0 Å². The molecule has 0 bridgehead atoms. The number of ether oxygens (including phenoxy) is 5. The molecule has 0 aromatic heterocycles. The van der Waals surface area contributed by atoms with Crippen LogP contribution in [0.15, 0.2) is 36.4 Å². The average molecular weight is 443 g/mol. The number of hydrogen-bond donors (Lipinski definition) is 0. The number of hydrogen-bond acceptors (Lipinski definition) is 7. The van der Waals surface area contributed by atoms with E-state index in [0.29, 0.717) is 26.1 Å². The predicted molar refractivity (Wildman–Crippen MR) is 114 cm³/mol. The molecule has 3 heterocycles. The minimum Gasteiger partial charge on any atom is -0.469 e. The second-order valence-electron chi connectivity index (χ2n) is 9.44. The van der Waals surface area contributed by atoms with Gasteiger partial charge in [-0.25, -0.2) is 4.79 Å². The summed E-state index contributed by atoms with van der Waals surface area (Å²) >= 11 is 0. The quantitative estimate of drug-likeness (QED) is 0.402. The highest BCUT2D eigenvalue weighted by atomic mass is 16.8. The Kier molecular flexibility index (Phi) is 5.60. The lowest BCUT2D eigenvalue weighted by Crippen LogP contribution is -2.55. The summed E-state index contributed by atoms with van der Waals surface area (Å²) in [6.45, 7) is 3.01. The van der Waals surface area contributed by atoms with Crippen molar-refractivity contribution in [2.75, 3.05) is 20.3 Å². The second kappa shape index (κ2) is 8.28. The van der Waals surface area contributed by atoms with Gasteiger partial charge in [0.15, 0.2) is 5.60 Å². The van der Waals surface area contributed by atoms with Crippen molar-refractivity contribution in [3.63, 3.8) is 0 Å². The zero-order valence-electron chi connectivity index (χ0n) is 18.5. The van der Waals surface area contributed by atoms with Gasteiger partial charge in [0.1, 0.15) is 6.10 Å². The first kappa shape index (κ1) is 21.6. The van der Waals surface area contributed by atoms with Crippen molar-refractivity contribution in [2.45, 2.75) is 56.2 Å². The Hall–Kier alpha value is -2.22. The number of methoxy groups -OCH3 is 1. The van der Waals surface area contributed by atoms with Crippen molar-refractivity contribution < 1.29 is 33.3 Å². The molecular formula is C25H30O7. The minimum atomic E-state index is -0.937. The topological polar surface area (TPSA) is 83.6 Å². The van der Waals surface area contributed by atoms with E-state index < -0.39 is 11.4 Å². The van der Waals surface area contributed by atoms with Crippen LogP contribution in [0.25, 0.3) is 6.08 Å². The Balaban J connectivity index is 1.29. The summed E-state index contributed by atoms with van der Waals surface area (Å²) in [5.74, 6) is -1.45. The van der Waals surface area contributed by atoms with Gasteiger partial charge >= 0.3 is 11.9 Å². The largest absolute Gasteiger partial charge is 0.469 e. The zero-order chi connectivity index (χ0) is 22.3. The third-order valence-electron chi connectivity index (χ3n) is 7.53. The van der Waals surface area contributed by atoms with Crippen molar-refractivity contribution in [1.82, 2.24) is 0 Å². The molecule has 4 aliphatic rings. The van der Waals surface area contributed by atoms with E-state index in [-0.39, 0.29) is 41.9 Å². The molecule has 0 amide bonds. The van der Waals surface area contributed by atoms with Gasteiger partial charge in [0, 0.05) is 24.3 Å². The van der Waals surface area contributed by atoms with Crippen LogP contribution in [0.1, 0.15) is 38.2 Å². The lowest BCUT2D eigenvalue weighted by atomic mass is 9.72. The first-order valence-electron chi connectivity index (χ1n) is 11.4. The normalized spacial score (nSPS) is 40.4. The van der Waals surface area contributed by atoms with Crippen LogP contribution in [0.2, 0.25) is 0 Å². The first-order valence-corrected chi connectivity index (χ1v) is 11.4. The zero-order valence-corrected chi connectivity index (χ0v) is 18.5. The van der Waals surface area contributed by atoms with E-state index in [1.165, 1.54) is 13.2 Å². The van der Waals surface area contributed by atoms with Gasteiger partial charge in [-0.05, 0) is 30.9 Å². The molecule has 5 rings (SSSR count). The van der Waals surface area contributed by atoms with E-state index in [0.717, 1.165) is 18.4 Å². The van der Waals surface area contributed by atoms with Crippen LogP contribution in [0.4, 0.5) is 0 Å². The molecule has 2 spiro atoms. The summed E-state index contributed by atoms with van der Waals surface area (Å²) < 4.78 is 29.6. The highest BCUT2D eigenvalue weighted by Gasteiger charge is 2.76. The Morgan fingerprint density at radius 1 is 1.16 bits per heavy atom. The van der Waals surface area contributed by atoms with Crippen molar-refractivity contribution in [2.24, 2.45) is 17.8 Å². The van der Waals surface area contributed by atoms with E-state index in [1.54, 1.807) is 6.08 Å². The molecule has 32 heavy (non-hydrogen) atoms. The Labute approximate surface area is 188 Å². The van der Waals surface area contributed by atoms with E-state index >= 15 is 0 Å². The second-order valence-corrected chi connectivity index (χ2v) is 9.44. The molecule has 4 fully saturated rings. The number of benzene rings is 1. The van der Waals surface area contributed by atoms with E-state index in [4.69, 9.17) is 23.7 Å². The number of epoxide rings is 1. The lowest BCUT2D eigenvalue weighted by molar-refractivity contribution is -0.293. The molecule has 1 aromatic rings. The molecule has 0 radical (unpaired) electrons. The fourth-order valence-corrected chi connectivity index (χ4v) is 5.66. The smallest absolute Gasteiger partial charge is 0.331 e. The Morgan fingerprint density at radius 3 is 2.66 bits per heavy atom. The van der Waals surface area contributed by atoms with Crippen LogP contribution in [0.3, 0.4) is 0 Å². The summed E-state index contributed by atoms with van der Waals surface area (Å²) in [5, 5.41) is 0. The van der Waals surface area contributed by atoms with Crippen LogP contribution in [-0.2, 0) is 33.3 Å². The molecule has 1 saturated carbocycles. The van der Waals surface area contributed by atoms with Crippen molar-refractivity contribution >= 4 is 18.0 Å². The molecule has 7 atom stereocenters. The van der Waals surface area contributed by atoms with Crippen LogP contribution in [0.5, 0.6) is 0 Å². The van der Waals surface area contributed by atoms with Gasteiger partial charge in [-0.1, -0.05) is 37.3 Å². The minimum absolute atomic E-state index is 0.0412. The molecule has 3 saturated heterocycles. The van der Waals surface area contributed by atoms with Crippen LogP contribution < -0.4 is 0 Å². The SMILES string of the molecule is COC(=O)[C@@H]1CC[C@@H]2[C@H](C1)O[C@]1(C[C@H](OC(=O)/C=C/c3ccccc3)[C@H](C)CO1)[C@@]21CO1. The molecule has 1 aliphatic carbocycles. The van der Waals surface area contributed by atoms with Gasteiger partial charge < -0.3 is 23.7 Å². The van der Waals surface area contributed by atoms with Crippen LogP contribution in [0, 0.1) is 17.8 Å². The predicted octanol–water partition coefficient (Wildman–Crippen LogP) is 3.12. The summed E-state index contributed by atoms with van der Waals surface area (Å²) in [4.78, 5) is 24.6. The fraction of sp³-hybridized carbons (Fsp3) is 0.600. The van der Waals surface area contributed by atoms with Gasteiger partial charge in [0.05, 0.1) is 32.3 Å². The Morgan fingerprint density at radius 2 is 1.94 bits per heavy atom. The van der Waals surface area contributed by atoms with E-state index in [9.17, 15) is 9.59 Å². The maximum absolute atomic E-state index is 12.5. The average Bonchev–Trinajstić information content (AvgIpc) is 3.58. The molecule has 0 N–H and O–H groups in total. The van der Waals surface area contributed by atoms with Crippen molar-refractivity contribution in [3.05, 3.63) is 42.0 Å². The summed E-state index contributed by atoms with van der Waals surface area (Å²) in [7, 11) is 1.42. The van der Waals surface area contributed by atoms with Crippen molar-refractivity contribution in [3.8, 4) is 0 Å². The fourth-order valence-electron chi connectivity index (χ4n) is 5.66. The molecule has 172 valence electrons. The standard InChI is InChI=1S/C25H30O7/c1-16-14-29-25(13-21(16)31-22(26)11-8-17-6-4-3-5-7-17)24(15-30-24)19-10-9-18(23(27)28-2)12-20(19)32-25/h3-8,11,16,18-21H,9-10,12-15H2,1-2H3/b11-8+/t16-,18-,19-,20+,21+,24-,25-/m1/s1. The number of esters is 2. The number of rotatable bonds is 4. The summed E-state index contributed by atoms with van der Waals surface area (Å²) in [6.07, 6.45) is 5.37. The highest BCUT2D eigenvalue weighted by Crippen LogP contribution is 2.62. The number of fused-ring (bicyclic) bond motifs is 3. The third kappa shape index (κ3) is 3.66. The first-order chi connectivity index (χ1) is 15.5.